The van der Waals surface area contributed by atoms with Crippen LogP contribution in [-0.4, -0.2) is 80.3 Å². The molecule has 0 fully saturated rings. The summed E-state index contributed by atoms with van der Waals surface area (Å²) in [5.74, 6) is 4.81. The number of rotatable bonds is 14. The predicted octanol–water partition coefficient (Wildman–Crippen LogP) is 11.5. The van der Waals surface area contributed by atoms with Gasteiger partial charge in [0.2, 0.25) is 0 Å². The van der Waals surface area contributed by atoms with E-state index < -0.39 is 8.07 Å². The highest BCUT2D eigenvalue weighted by Crippen LogP contribution is 2.45. The van der Waals surface area contributed by atoms with Crippen LogP contribution in [0.25, 0.3) is 66.6 Å². The summed E-state index contributed by atoms with van der Waals surface area (Å²) in [4.78, 5) is 70.3. The SMILES string of the molecule is C#Cc1cccc(-c2c3nc(cc4[nH]c(c(C)c4CCC(=O)OC)c(-c4cccc(C#C[Si](C)(C)C)c4)c4[nH]c(cc5nc2C(C)=C5CCC(=O)OC)c(CCC(=O)OC)c4C)C(CCC(=O)OC)=C3C)c1. The van der Waals surface area contributed by atoms with Crippen LogP contribution in [0.5, 0.6) is 0 Å². The van der Waals surface area contributed by atoms with Gasteiger partial charge >= 0.3 is 23.9 Å². The Kier molecular flexibility index (Phi) is 16.0. The van der Waals surface area contributed by atoms with E-state index in [1.54, 1.807) is 0 Å². The molecule has 0 amide bonds. The Labute approximate surface area is 422 Å². The topological polar surface area (TPSA) is 163 Å². The van der Waals surface area contributed by atoms with Crippen molar-refractivity contribution in [1.29, 1.82) is 0 Å². The molecule has 7 rings (SSSR count). The van der Waals surface area contributed by atoms with Crippen LogP contribution in [0, 0.1) is 37.7 Å². The number of esters is 4. The molecular formula is C59H62N4O8Si. The monoisotopic (exact) mass is 982 g/mol. The maximum atomic E-state index is 12.9. The fourth-order valence-corrected chi connectivity index (χ4v) is 9.96. The van der Waals surface area contributed by atoms with E-state index in [1.165, 1.54) is 28.4 Å². The molecule has 5 heterocycles. The molecule has 0 unspecified atom stereocenters. The number of methoxy groups -OCH3 is 4. The number of hydrogen-bond donors (Lipinski definition) is 2. The molecular weight excluding hydrogens is 921 g/mol. The number of allylic oxidation sites excluding steroid dienone is 4. The smallest absolute Gasteiger partial charge is 0.305 e. The molecule has 8 bridgehead atoms. The number of nitrogens with one attached hydrogen (secondary N) is 2. The van der Waals surface area contributed by atoms with Crippen molar-refractivity contribution in [3.8, 4) is 46.1 Å². The third-order valence-electron chi connectivity index (χ3n) is 13.3. The average Bonchev–Trinajstić information content (AvgIpc) is 4.05. The number of carbonyl (C=O) groups excluding carboxylic acids is 4. The molecule has 0 radical (unpaired) electrons. The van der Waals surface area contributed by atoms with Gasteiger partial charge in [0.1, 0.15) is 8.07 Å². The van der Waals surface area contributed by atoms with Crippen molar-refractivity contribution >= 4 is 76.3 Å². The van der Waals surface area contributed by atoms with Crippen LogP contribution in [0.1, 0.15) is 109 Å². The van der Waals surface area contributed by atoms with E-state index >= 15 is 0 Å². The Morgan fingerprint density at radius 2 is 0.972 bits per heavy atom. The predicted molar refractivity (Wildman–Crippen MR) is 288 cm³/mol. The van der Waals surface area contributed by atoms with Crippen molar-refractivity contribution < 1.29 is 38.1 Å². The lowest BCUT2D eigenvalue weighted by atomic mass is 9.92. The number of ether oxygens (including phenoxy) is 4. The minimum atomic E-state index is -1.76. The van der Waals surface area contributed by atoms with Crippen LogP contribution in [0.4, 0.5) is 0 Å². The molecule has 3 aromatic heterocycles. The average molecular weight is 983 g/mol. The van der Waals surface area contributed by atoms with Crippen LogP contribution in [-0.2, 0) is 51.0 Å². The zero-order valence-corrected chi connectivity index (χ0v) is 44.2. The van der Waals surface area contributed by atoms with Crippen LogP contribution in [0.15, 0.2) is 60.7 Å². The van der Waals surface area contributed by atoms with E-state index in [1.807, 2.05) is 76.2 Å². The van der Waals surface area contributed by atoms with Crippen LogP contribution >= 0.6 is 0 Å². The fourth-order valence-electron chi connectivity index (χ4n) is 9.44. The summed E-state index contributed by atoms with van der Waals surface area (Å²) in [5, 5.41) is 0. The third kappa shape index (κ3) is 11.2. The second kappa shape index (κ2) is 22.1. The molecule has 2 aliphatic rings. The van der Waals surface area contributed by atoms with E-state index in [9.17, 15) is 19.2 Å². The number of aromatic nitrogens is 4. The number of nitrogens with zero attached hydrogens (tertiary/aromatic N) is 2. The summed E-state index contributed by atoms with van der Waals surface area (Å²) in [6.45, 7) is 14.7. The lowest BCUT2D eigenvalue weighted by Gasteiger charge is -2.11. The molecule has 2 aromatic carbocycles. The number of fused-ring (bicyclic) bond motifs is 8. The van der Waals surface area contributed by atoms with Gasteiger partial charge in [-0.15, -0.1) is 12.0 Å². The molecule has 5 aromatic rings. The second-order valence-corrected chi connectivity index (χ2v) is 23.8. The van der Waals surface area contributed by atoms with E-state index in [4.69, 9.17) is 35.3 Å². The van der Waals surface area contributed by atoms with Gasteiger partial charge in [0.25, 0.3) is 0 Å². The highest BCUT2D eigenvalue weighted by atomic mass is 28.3. The van der Waals surface area contributed by atoms with Crippen molar-refractivity contribution in [3.63, 3.8) is 0 Å². The summed E-state index contributed by atoms with van der Waals surface area (Å²) in [7, 11) is 3.76. The van der Waals surface area contributed by atoms with Gasteiger partial charge in [-0.2, -0.15) is 0 Å². The van der Waals surface area contributed by atoms with Crippen LogP contribution in [0.3, 0.4) is 0 Å². The Morgan fingerprint density at radius 3 is 1.39 bits per heavy atom. The molecule has 0 atom stereocenters. The highest BCUT2D eigenvalue weighted by Gasteiger charge is 2.29. The van der Waals surface area contributed by atoms with E-state index in [2.05, 4.69) is 59.1 Å². The molecule has 12 nitrogen and oxygen atoms in total. The van der Waals surface area contributed by atoms with Gasteiger partial charge < -0.3 is 28.9 Å². The number of H-pyrrole nitrogens is 2. The molecule has 0 saturated carbocycles. The van der Waals surface area contributed by atoms with E-state index in [-0.39, 0.29) is 49.6 Å². The number of hydrogen-bond acceptors (Lipinski definition) is 10. The highest BCUT2D eigenvalue weighted by molar-refractivity contribution is 6.83. The van der Waals surface area contributed by atoms with Crippen molar-refractivity contribution in [2.45, 2.75) is 98.7 Å². The second-order valence-electron chi connectivity index (χ2n) is 19.1. The van der Waals surface area contributed by atoms with Crippen LogP contribution in [0.2, 0.25) is 19.6 Å². The van der Waals surface area contributed by atoms with Gasteiger partial charge in [0.15, 0.2) is 0 Å². The van der Waals surface area contributed by atoms with Crippen molar-refractivity contribution in [2.24, 2.45) is 0 Å². The first-order valence-electron chi connectivity index (χ1n) is 24.1. The molecule has 2 N–H and O–H groups in total. The standard InChI is InChI=1S/C59H62N4O8Si/c1-13-38-16-14-18-40(30-38)54-56-34(2)42(20-24-50(64)68-6)46(60-56)32-48-44(22-26-52(66)70-8)36(4)58(62-48)55(41-19-15-17-39(31-41)28-29-72(10,11)12)59-37(5)45(23-27-53(67)71-9)49(63-59)33-47-43(21-25-51(65)69-7)35(3)57(54)61-47/h1,14-19,30-33,62-63H,20-27H2,2-12H3. The number of carbonyl (C=O) groups is 4. The maximum absolute atomic E-state index is 12.9. The number of aryl methyl sites for hydroxylation is 4. The first-order chi connectivity index (χ1) is 34.4. The van der Waals surface area contributed by atoms with Gasteiger partial charge in [-0.25, -0.2) is 9.97 Å². The molecule has 72 heavy (non-hydrogen) atoms. The summed E-state index contributed by atoms with van der Waals surface area (Å²) >= 11 is 0. The molecule has 0 saturated heterocycles. The summed E-state index contributed by atoms with van der Waals surface area (Å²) in [6, 6.07) is 19.9. The normalized spacial score (nSPS) is 12.2. The van der Waals surface area contributed by atoms with Crippen LogP contribution < -0.4 is 0 Å². The Hall–Kier alpha value is -7.74. The van der Waals surface area contributed by atoms with Crippen molar-refractivity contribution in [3.05, 3.63) is 117 Å². The zero-order chi connectivity index (χ0) is 52.0. The summed E-state index contributed by atoms with van der Waals surface area (Å²) in [5.41, 5.74) is 20.7. The minimum absolute atomic E-state index is 0.0985. The molecule has 0 spiro atoms. The molecule has 370 valence electrons. The Morgan fingerprint density at radius 1 is 0.569 bits per heavy atom. The maximum Gasteiger partial charge on any atom is 0.305 e. The van der Waals surface area contributed by atoms with E-state index in [0.29, 0.717) is 59.6 Å². The van der Waals surface area contributed by atoms with Gasteiger partial charge in [-0.05, 0) is 145 Å². The van der Waals surface area contributed by atoms with Crippen molar-refractivity contribution in [2.75, 3.05) is 28.4 Å². The van der Waals surface area contributed by atoms with Gasteiger partial charge in [-0.1, -0.05) is 55.7 Å². The molecule has 13 heteroatoms. The van der Waals surface area contributed by atoms with Gasteiger partial charge in [-0.3, -0.25) is 19.2 Å². The fraction of sp³-hybridized carbons (Fsp3) is 0.322. The third-order valence-corrected chi connectivity index (χ3v) is 14.2. The number of terminal acetylenes is 1. The number of benzene rings is 2. The minimum Gasteiger partial charge on any atom is -0.469 e. The van der Waals surface area contributed by atoms with Crippen molar-refractivity contribution in [1.82, 2.24) is 19.9 Å². The van der Waals surface area contributed by atoms with Gasteiger partial charge in [0.05, 0.1) is 62.2 Å². The molecule has 0 aliphatic carbocycles. The lowest BCUT2D eigenvalue weighted by molar-refractivity contribution is -0.141. The quantitative estimate of drug-likeness (QED) is 0.0474. The van der Waals surface area contributed by atoms with Gasteiger partial charge in [0, 0.05) is 59.0 Å². The Bertz CT molecular complexity index is 3230. The Balaban J connectivity index is 1.76. The number of aromatic amines is 2. The first kappa shape index (κ1) is 52.1. The summed E-state index contributed by atoms with van der Waals surface area (Å²) in [6.07, 6.45) is 7.77. The largest absolute Gasteiger partial charge is 0.469 e. The first-order valence-corrected chi connectivity index (χ1v) is 27.6. The summed E-state index contributed by atoms with van der Waals surface area (Å²) < 4.78 is 20.6. The zero-order valence-electron chi connectivity index (χ0n) is 43.2. The molecule has 2 aliphatic heterocycles. The van der Waals surface area contributed by atoms with E-state index in [0.717, 1.165) is 88.9 Å². The lowest BCUT2D eigenvalue weighted by Crippen LogP contribution is -2.16.